The Hall–Kier alpha value is -2.02. The van der Waals surface area contributed by atoms with Crippen molar-refractivity contribution >= 4 is 6.08 Å². The van der Waals surface area contributed by atoms with Crippen LogP contribution in [-0.4, -0.2) is 10.9 Å². The maximum absolute atomic E-state index is 2.56. The molecule has 124 valence electrons. The summed E-state index contributed by atoms with van der Waals surface area (Å²) in [6, 6.07) is 9.30. The summed E-state index contributed by atoms with van der Waals surface area (Å²) in [5, 5.41) is 0. The van der Waals surface area contributed by atoms with Crippen LogP contribution in [0.5, 0.6) is 0 Å². The first-order valence-electron chi connectivity index (χ1n) is 9.38. The second-order valence-corrected chi connectivity index (χ2v) is 7.48. The van der Waals surface area contributed by atoms with E-state index in [1.54, 1.807) is 0 Å². The van der Waals surface area contributed by atoms with Crippen molar-refractivity contribution in [2.45, 2.75) is 52.0 Å². The lowest BCUT2D eigenvalue weighted by atomic mass is 9.82. The van der Waals surface area contributed by atoms with Gasteiger partial charge < -0.3 is 4.90 Å². The molecule has 1 nitrogen and oxygen atoms in total. The lowest BCUT2D eigenvalue weighted by molar-refractivity contribution is 0.346. The fourth-order valence-corrected chi connectivity index (χ4v) is 4.30. The van der Waals surface area contributed by atoms with Crippen molar-refractivity contribution in [3.05, 3.63) is 76.7 Å². The Balaban J connectivity index is 1.68. The van der Waals surface area contributed by atoms with Gasteiger partial charge in [0.15, 0.2) is 0 Å². The number of hydrogen-bond donors (Lipinski definition) is 0. The number of hydrogen-bond acceptors (Lipinski definition) is 1. The summed E-state index contributed by atoms with van der Waals surface area (Å²) < 4.78 is 0. The zero-order valence-electron chi connectivity index (χ0n) is 14.8. The standard InChI is InChI=1S/C23H27N/c1-17(2)24(22-13-11-18-7-3-5-9-20(18)15-22)23-14-12-19-8-4-6-10-21(19)16-23/h3,5-7,9-10,14-17,19H,4,8,11-13H2,1-2H3. The molecule has 1 unspecified atom stereocenters. The van der Waals surface area contributed by atoms with Gasteiger partial charge in [0.1, 0.15) is 0 Å². The molecule has 0 bridgehead atoms. The Morgan fingerprint density at radius 1 is 1.08 bits per heavy atom. The molecule has 0 saturated carbocycles. The van der Waals surface area contributed by atoms with Crippen molar-refractivity contribution in [1.82, 2.24) is 4.90 Å². The summed E-state index contributed by atoms with van der Waals surface area (Å²) in [5.41, 5.74) is 7.26. The van der Waals surface area contributed by atoms with Gasteiger partial charge >= 0.3 is 0 Å². The molecule has 0 radical (unpaired) electrons. The fourth-order valence-electron chi connectivity index (χ4n) is 4.30. The molecule has 1 heteroatoms. The van der Waals surface area contributed by atoms with E-state index < -0.39 is 0 Å². The third kappa shape index (κ3) is 2.88. The zero-order valence-corrected chi connectivity index (χ0v) is 14.8. The van der Waals surface area contributed by atoms with Gasteiger partial charge in [-0.25, -0.2) is 0 Å². The highest BCUT2D eigenvalue weighted by molar-refractivity contribution is 5.60. The summed E-state index contributed by atoms with van der Waals surface area (Å²) in [4.78, 5) is 2.56. The van der Waals surface area contributed by atoms with E-state index in [4.69, 9.17) is 0 Å². The quantitative estimate of drug-likeness (QED) is 0.674. The van der Waals surface area contributed by atoms with Gasteiger partial charge in [-0.2, -0.15) is 0 Å². The average Bonchev–Trinajstić information content (AvgIpc) is 2.61. The van der Waals surface area contributed by atoms with Gasteiger partial charge in [0, 0.05) is 17.4 Å². The minimum absolute atomic E-state index is 0.480. The van der Waals surface area contributed by atoms with Crippen LogP contribution in [-0.2, 0) is 6.42 Å². The molecular formula is C23H27N. The summed E-state index contributed by atoms with van der Waals surface area (Å²) in [6.45, 7) is 4.62. The first-order chi connectivity index (χ1) is 11.7. The minimum Gasteiger partial charge on any atom is -0.343 e. The largest absolute Gasteiger partial charge is 0.343 e. The number of aryl methyl sites for hydroxylation is 1. The van der Waals surface area contributed by atoms with Gasteiger partial charge in [0.05, 0.1) is 0 Å². The van der Waals surface area contributed by atoms with E-state index in [1.807, 2.05) is 0 Å². The molecule has 1 atom stereocenters. The number of rotatable bonds is 3. The van der Waals surface area contributed by atoms with Crippen LogP contribution in [0.15, 0.2) is 65.5 Å². The monoisotopic (exact) mass is 317 g/mol. The maximum atomic E-state index is 2.56. The van der Waals surface area contributed by atoms with Gasteiger partial charge in [-0.3, -0.25) is 0 Å². The van der Waals surface area contributed by atoms with E-state index in [1.165, 1.54) is 47.4 Å². The van der Waals surface area contributed by atoms with Gasteiger partial charge in [-0.15, -0.1) is 0 Å². The van der Waals surface area contributed by atoms with Crippen molar-refractivity contribution in [1.29, 1.82) is 0 Å². The van der Waals surface area contributed by atoms with Crippen LogP contribution in [0.3, 0.4) is 0 Å². The zero-order chi connectivity index (χ0) is 16.5. The number of benzene rings is 1. The molecule has 3 aliphatic rings. The van der Waals surface area contributed by atoms with Crippen molar-refractivity contribution < 1.29 is 0 Å². The van der Waals surface area contributed by atoms with E-state index in [9.17, 15) is 0 Å². The molecule has 3 aliphatic carbocycles. The summed E-state index contributed by atoms with van der Waals surface area (Å²) in [6.07, 6.45) is 18.0. The third-order valence-corrected chi connectivity index (χ3v) is 5.52. The topological polar surface area (TPSA) is 3.24 Å². The molecule has 0 N–H and O–H groups in total. The Bertz CT molecular complexity index is 745. The third-order valence-electron chi connectivity index (χ3n) is 5.52. The van der Waals surface area contributed by atoms with Crippen LogP contribution in [0.4, 0.5) is 0 Å². The molecule has 4 rings (SSSR count). The van der Waals surface area contributed by atoms with Crippen LogP contribution in [0.25, 0.3) is 6.08 Å². The molecule has 24 heavy (non-hydrogen) atoms. The Morgan fingerprint density at radius 3 is 2.83 bits per heavy atom. The molecule has 0 fully saturated rings. The van der Waals surface area contributed by atoms with Gasteiger partial charge in [-0.05, 0) is 80.7 Å². The highest BCUT2D eigenvalue weighted by Crippen LogP contribution is 2.36. The van der Waals surface area contributed by atoms with Crippen LogP contribution in [0.2, 0.25) is 0 Å². The second kappa shape index (κ2) is 6.47. The minimum atomic E-state index is 0.480. The summed E-state index contributed by atoms with van der Waals surface area (Å²) in [5.74, 6) is 0.744. The summed E-state index contributed by atoms with van der Waals surface area (Å²) >= 11 is 0. The molecule has 1 aromatic carbocycles. The van der Waals surface area contributed by atoms with Crippen LogP contribution in [0.1, 0.15) is 50.7 Å². The smallest absolute Gasteiger partial charge is 0.0373 e. The van der Waals surface area contributed by atoms with Gasteiger partial charge in [-0.1, -0.05) is 42.5 Å². The molecular weight excluding hydrogens is 290 g/mol. The van der Waals surface area contributed by atoms with Crippen LogP contribution < -0.4 is 0 Å². The fraction of sp³-hybridized carbons (Fsp3) is 0.391. The number of allylic oxidation sites excluding steroid dienone is 6. The van der Waals surface area contributed by atoms with E-state index in [-0.39, 0.29) is 0 Å². The predicted octanol–water partition coefficient (Wildman–Crippen LogP) is 5.86. The Labute approximate surface area is 146 Å². The van der Waals surface area contributed by atoms with Gasteiger partial charge in [0.25, 0.3) is 0 Å². The molecule has 0 aliphatic heterocycles. The van der Waals surface area contributed by atoms with Gasteiger partial charge in [0.2, 0.25) is 0 Å². The number of nitrogens with zero attached hydrogens (tertiary/aromatic N) is 1. The SMILES string of the molecule is CC(C)N(C1=CCC2CCC=CC2=C1)C1=Cc2ccccc2CC1. The van der Waals surface area contributed by atoms with E-state index in [0.717, 1.165) is 18.8 Å². The second-order valence-electron chi connectivity index (χ2n) is 7.48. The molecule has 0 heterocycles. The molecule has 0 saturated heterocycles. The lowest BCUT2D eigenvalue weighted by Gasteiger charge is -2.37. The maximum Gasteiger partial charge on any atom is 0.0373 e. The van der Waals surface area contributed by atoms with Crippen molar-refractivity contribution in [3.63, 3.8) is 0 Å². The van der Waals surface area contributed by atoms with Crippen molar-refractivity contribution in [3.8, 4) is 0 Å². The highest BCUT2D eigenvalue weighted by Gasteiger charge is 2.24. The average molecular weight is 317 g/mol. The van der Waals surface area contributed by atoms with Crippen LogP contribution >= 0.6 is 0 Å². The Morgan fingerprint density at radius 2 is 1.96 bits per heavy atom. The van der Waals surface area contributed by atoms with Crippen molar-refractivity contribution in [2.24, 2.45) is 5.92 Å². The first kappa shape index (κ1) is 15.5. The van der Waals surface area contributed by atoms with Crippen LogP contribution in [0, 0.1) is 5.92 Å². The molecule has 0 amide bonds. The molecule has 0 aromatic heterocycles. The summed E-state index contributed by atoms with van der Waals surface area (Å²) in [7, 11) is 0. The lowest BCUT2D eigenvalue weighted by Crippen LogP contribution is -2.31. The van der Waals surface area contributed by atoms with E-state index in [0.29, 0.717) is 6.04 Å². The number of fused-ring (bicyclic) bond motifs is 2. The Kier molecular flexibility index (Phi) is 4.18. The van der Waals surface area contributed by atoms with Crippen molar-refractivity contribution in [2.75, 3.05) is 0 Å². The molecule has 0 spiro atoms. The van der Waals surface area contributed by atoms with E-state index in [2.05, 4.69) is 73.4 Å². The predicted molar refractivity (Wildman–Crippen MR) is 102 cm³/mol. The molecule has 1 aromatic rings. The first-order valence-corrected chi connectivity index (χ1v) is 9.38. The normalized spacial score (nSPS) is 22.3. The highest BCUT2D eigenvalue weighted by atomic mass is 15.2. The van der Waals surface area contributed by atoms with E-state index >= 15 is 0 Å².